The van der Waals surface area contributed by atoms with E-state index < -0.39 is 17.4 Å². The first kappa shape index (κ1) is 24.1. The van der Waals surface area contributed by atoms with Crippen LogP contribution in [0.3, 0.4) is 0 Å². The number of pyridine rings is 1. The molecule has 3 aromatic rings. The minimum atomic E-state index is -1.19. The third-order valence-corrected chi connectivity index (χ3v) is 6.05. The standard InChI is InChI=1S/C25H27FN6O3/c1-3-11-32-23(34)21-20(22(33)28-14-18-5-4-10-27-12-18)30-16-31(21)15-25(32,2)24(35)29-13-17-6-8-19(26)9-7-17/h4-10,12,16H,3,11,13-15H2,1-2H3,(H,28,33)(H,29,35). The molecule has 0 saturated heterocycles. The lowest BCUT2D eigenvalue weighted by Crippen LogP contribution is -2.64. The molecular weight excluding hydrogens is 451 g/mol. The molecule has 1 unspecified atom stereocenters. The van der Waals surface area contributed by atoms with Crippen LogP contribution < -0.4 is 10.6 Å². The summed E-state index contributed by atoms with van der Waals surface area (Å²) < 4.78 is 14.7. The summed E-state index contributed by atoms with van der Waals surface area (Å²) in [6, 6.07) is 9.45. The van der Waals surface area contributed by atoms with Crippen molar-refractivity contribution in [2.45, 2.75) is 45.4 Å². The Labute approximate surface area is 202 Å². The molecule has 2 aromatic heterocycles. The second kappa shape index (κ2) is 10.0. The summed E-state index contributed by atoms with van der Waals surface area (Å²) in [7, 11) is 0. The highest BCUT2D eigenvalue weighted by atomic mass is 19.1. The predicted octanol–water partition coefficient (Wildman–Crippen LogP) is 2.29. The maximum atomic E-state index is 13.6. The molecule has 1 aliphatic heterocycles. The van der Waals surface area contributed by atoms with Crippen molar-refractivity contribution in [2.24, 2.45) is 0 Å². The van der Waals surface area contributed by atoms with Gasteiger partial charge in [-0.1, -0.05) is 25.1 Å². The number of amides is 3. The Kier molecular flexibility index (Phi) is 6.90. The molecule has 0 radical (unpaired) electrons. The normalized spacial score (nSPS) is 17.1. The number of nitrogens with zero attached hydrogens (tertiary/aromatic N) is 4. The zero-order chi connectivity index (χ0) is 25.0. The number of benzene rings is 1. The van der Waals surface area contributed by atoms with Gasteiger partial charge < -0.3 is 20.1 Å². The van der Waals surface area contributed by atoms with Gasteiger partial charge in [0.05, 0.1) is 12.9 Å². The molecule has 0 saturated carbocycles. The molecule has 0 spiro atoms. The molecular formula is C25H27FN6O3. The van der Waals surface area contributed by atoms with Gasteiger partial charge in [-0.25, -0.2) is 9.37 Å². The van der Waals surface area contributed by atoms with E-state index in [1.54, 1.807) is 42.1 Å². The van der Waals surface area contributed by atoms with Gasteiger partial charge in [0.15, 0.2) is 5.69 Å². The first-order chi connectivity index (χ1) is 16.8. The van der Waals surface area contributed by atoms with Crippen LogP contribution in [0.15, 0.2) is 55.1 Å². The summed E-state index contributed by atoms with van der Waals surface area (Å²) in [5, 5.41) is 5.64. The van der Waals surface area contributed by atoms with E-state index >= 15 is 0 Å². The van der Waals surface area contributed by atoms with Gasteiger partial charge in [-0.3, -0.25) is 19.4 Å². The first-order valence-electron chi connectivity index (χ1n) is 11.4. The van der Waals surface area contributed by atoms with Gasteiger partial charge in [-0.2, -0.15) is 0 Å². The van der Waals surface area contributed by atoms with Crippen molar-refractivity contribution >= 4 is 17.7 Å². The number of rotatable bonds is 8. The van der Waals surface area contributed by atoms with Crippen LogP contribution in [0, 0.1) is 5.82 Å². The van der Waals surface area contributed by atoms with E-state index in [2.05, 4.69) is 20.6 Å². The minimum Gasteiger partial charge on any atom is -0.350 e. The molecule has 3 amide bonds. The van der Waals surface area contributed by atoms with Gasteiger partial charge in [-0.05, 0) is 42.7 Å². The highest BCUT2D eigenvalue weighted by Gasteiger charge is 2.48. The molecule has 0 bridgehead atoms. The highest BCUT2D eigenvalue weighted by molar-refractivity contribution is 6.07. The number of carbonyl (C=O) groups is 3. The van der Waals surface area contributed by atoms with Crippen LogP contribution in [0.25, 0.3) is 0 Å². The fraction of sp³-hybridized carbons (Fsp3) is 0.320. The van der Waals surface area contributed by atoms with Crippen LogP contribution in [0.1, 0.15) is 52.4 Å². The molecule has 10 heteroatoms. The third-order valence-electron chi connectivity index (χ3n) is 6.05. The fourth-order valence-electron chi connectivity index (χ4n) is 4.17. The average Bonchev–Trinajstić information content (AvgIpc) is 3.29. The van der Waals surface area contributed by atoms with Gasteiger partial charge in [0.1, 0.15) is 17.1 Å². The van der Waals surface area contributed by atoms with Crippen molar-refractivity contribution in [3.8, 4) is 0 Å². The molecule has 1 atom stereocenters. The summed E-state index contributed by atoms with van der Waals surface area (Å²) in [5.74, 6) is -1.60. The topological polar surface area (TPSA) is 109 Å². The van der Waals surface area contributed by atoms with Crippen LogP contribution in [-0.4, -0.2) is 49.2 Å². The molecule has 0 aliphatic carbocycles. The quantitative estimate of drug-likeness (QED) is 0.516. The summed E-state index contributed by atoms with van der Waals surface area (Å²) in [5.41, 5.74) is 0.547. The Hall–Kier alpha value is -4.08. The molecule has 9 nitrogen and oxygen atoms in total. The van der Waals surface area contributed by atoms with E-state index in [1.165, 1.54) is 23.4 Å². The minimum absolute atomic E-state index is 0.0220. The van der Waals surface area contributed by atoms with Crippen molar-refractivity contribution in [1.29, 1.82) is 0 Å². The van der Waals surface area contributed by atoms with Crippen molar-refractivity contribution in [3.05, 3.63) is 83.5 Å². The number of hydrogen-bond donors (Lipinski definition) is 2. The lowest BCUT2D eigenvalue weighted by atomic mass is 9.94. The Morgan fingerprint density at radius 1 is 1.11 bits per heavy atom. The maximum absolute atomic E-state index is 13.6. The molecule has 3 heterocycles. The lowest BCUT2D eigenvalue weighted by molar-refractivity contribution is -0.133. The Bertz CT molecular complexity index is 1230. The van der Waals surface area contributed by atoms with Crippen LogP contribution in [0.5, 0.6) is 0 Å². The van der Waals surface area contributed by atoms with E-state index in [1.807, 2.05) is 13.0 Å². The number of imidazole rings is 1. The van der Waals surface area contributed by atoms with E-state index in [4.69, 9.17) is 0 Å². The summed E-state index contributed by atoms with van der Waals surface area (Å²) in [6.07, 6.45) is 5.34. The molecule has 0 fully saturated rings. The highest BCUT2D eigenvalue weighted by Crippen LogP contribution is 2.29. The van der Waals surface area contributed by atoms with Gasteiger partial charge in [0.25, 0.3) is 11.8 Å². The summed E-state index contributed by atoms with van der Waals surface area (Å²) in [4.78, 5) is 49.4. The van der Waals surface area contributed by atoms with E-state index in [9.17, 15) is 18.8 Å². The van der Waals surface area contributed by atoms with Gasteiger partial charge >= 0.3 is 0 Å². The monoisotopic (exact) mass is 478 g/mol. The number of fused-ring (bicyclic) bond motifs is 1. The maximum Gasteiger partial charge on any atom is 0.273 e. The Morgan fingerprint density at radius 2 is 1.86 bits per heavy atom. The molecule has 1 aromatic carbocycles. The van der Waals surface area contributed by atoms with Crippen LogP contribution in [0.4, 0.5) is 4.39 Å². The SMILES string of the molecule is CCCN1C(=O)c2c(C(=O)NCc3cccnc3)ncn2CC1(C)C(=O)NCc1ccc(F)cc1. The van der Waals surface area contributed by atoms with Crippen LogP contribution in [-0.2, 0) is 24.4 Å². The number of aromatic nitrogens is 3. The first-order valence-corrected chi connectivity index (χ1v) is 11.4. The third kappa shape index (κ3) is 4.91. The fourth-order valence-corrected chi connectivity index (χ4v) is 4.17. The van der Waals surface area contributed by atoms with E-state index in [0.717, 1.165) is 11.1 Å². The number of hydrogen-bond acceptors (Lipinski definition) is 5. The number of carbonyl (C=O) groups excluding carboxylic acids is 3. The lowest BCUT2D eigenvalue weighted by Gasteiger charge is -2.43. The van der Waals surface area contributed by atoms with Crippen LogP contribution >= 0.6 is 0 Å². The molecule has 35 heavy (non-hydrogen) atoms. The van der Waals surface area contributed by atoms with E-state index in [-0.39, 0.29) is 42.7 Å². The largest absolute Gasteiger partial charge is 0.350 e. The Balaban J connectivity index is 1.54. The average molecular weight is 479 g/mol. The van der Waals surface area contributed by atoms with Crippen LogP contribution in [0.2, 0.25) is 0 Å². The summed E-state index contributed by atoms with van der Waals surface area (Å²) in [6.45, 7) is 4.54. The zero-order valence-electron chi connectivity index (χ0n) is 19.6. The van der Waals surface area contributed by atoms with Crippen molar-refractivity contribution < 1.29 is 18.8 Å². The molecule has 182 valence electrons. The molecule has 1 aliphatic rings. The molecule has 4 rings (SSSR count). The predicted molar refractivity (Wildman–Crippen MR) is 126 cm³/mol. The Morgan fingerprint density at radius 3 is 2.54 bits per heavy atom. The van der Waals surface area contributed by atoms with Gasteiger partial charge in [-0.15, -0.1) is 0 Å². The van der Waals surface area contributed by atoms with Crippen molar-refractivity contribution in [2.75, 3.05) is 6.54 Å². The van der Waals surface area contributed by atoms with E-state index in [0.29, 0.717) is 13.0 Å². The summed E-state index contributed by atoms with van der Waals surface area (Å²) >= 11 is 0. The second-order valence-corrected chi connectivity index (χ2v) is 8.65. The number of nitrogens with one attached hydrogen (secondary N) is 2. The van der Waals surface area contributed by atoms with Crippen molar-refractivity contribution in [1.82, 2.24) is 30.1 Å². The molecule has 2 N–H and O–H groups in total. The van der Waals surface area contributed by atoms with Gasteiger partial charge in [0, 0.05) is 32.0 Å². The zero-order valence-corrected chi connectivity index (χ0v) is 19.6. The van der Waals surface area contributed by atoms with Gasteiger partial charge in [0.2, 0.25) is 5.91 Å². The second-order valence-electron chi connectivity index (χ2n) is 8.65. The smallest absolute Gasteiger partial charge is 0.273 e. The van der Waals surface area contributed by atoms with Crippen molar-refractivity contribution in [3.63, 3.8) is 0 Å². The number of halogens is 1.